The Kier molecular flexibility index (Phi) is 6.03. The van der Waals surface area contributed by atoms with Crippen LogP contribution in [0.3, 0.4) is 0 Å². The SMILES string of the molecule is CCCNc1nc(NC)nc2c(C[C@H]3CCCC[C@@H]3O)nc(NC)nc12. The van der Waals surface area contributed by atoms with Crippen LogP contribution >= 0.6 is 0 Å². The first-order valence-corrected chi connectivity index (χ1v) is 9.52. The van der Waals surface area contributed by atoms with Gasteiger partial charge >= 0.3 is 0 Å². The van der Waals surface area contributed by atoms with E-state index in [4.69, 9.17) is 0 Å². The van der Waals surface area contributed by atoms with Gasteiger partial charge in [0.05, 0.1) is 11.8 Å². The van der Waals surface area contributed by atoms with Gasteiger partial charge in [0.2, 0.25) is 11.9 Å². The molecule has 4 N–H and O–H groups in total. The van der Waals surface area contributed by atoms with Gasteiger partial charge in [-0.1, -0.05) is 19.8 Å². The van der Waals surface area contributed by atoms with Crippen LogP contribution in [0.25, 0.3) is 11.0 Å². The summed E-state index contributed by atoms with van der Waals surface area (Å²) < 4.78 is 0. The summed E-state index contributed by atoms with van der Waals surface area (Å²) >= 11 is 0. The van der Waals surface area contributed by atoms with Crippen molar-refractivity contribution in [3.8, 4) is 0 Å². The molecule has 2 aromatic rings. The molecular weight excluding hydrogens is 330 g/mol. The van der Waals surface area contributed by atoms with E-state index in [0.29, 0.717) is 24.1 Å². The summed E-state index contributed by atoms with van der Waals surface area (Å²) in [4.78, 5) is 18.4. The number of hydrogen-bond acceptors (Lipinski definition) is 8. The van der Waals surface area contributed by atoms with Crippen molar-refractivity contribution in [2.45, 2.75) is 51.6 Å². The van der Waals surface area contributed by atoms with Gasteiger partial charge in [0.1, 0.15) is 11.0 Å². The van der Waals surface area contributed by atoms with Gasteiger partial charge in [-0.3, -0.25) is 0 Å². The number of fused-ring (bicyclic) bond motifs is 1. The lowest BCUT2D eigenvalue weighted by atomic mass is 9.83. The lowest BCUT2D eigenvalue weighted by Crippen LogP contribution is -2.26. The van der Waals surface area contributed by atoms with Crippen molar-refractivity contribution in [2.24, 2.45) is 5.92 Å². The van der Waals surface area contributed by atoms with Gasteiger partial charge in [-0.2, -0.15) is 4.98 Å². The molecule has 0 amide bonds. The maximum absolute atomic E-state index is 10.4. The number of aliphatic hydroxyl groups is 1. The number of nitrogens with zero attached hydrogens (tertiary/aromatic N) is 4. The molecule has 0 spiro atoms. The van der Waals surface area contributed by atoms with Crippen molar-refractivity contribution in [1.82, 2.24) is 19.9 Å². The van der Waals surface area contributed by atoms with Gasteiger partial charge < -0.3 is 21.1 Å². The lowest BCUT2D eigenvalue weighted by molar-refractivity contribution is 0.0697. The second kappa shape index (κ2) is 8.44. The Bertz CT molecular complexity index is 752. The van der Waals surface area contributed by atoms with Crippen molar-refractivity contribution >= 4 is 28.7 Å². The summed E-state index contributed by atoms with van der Waals surface area (Å²) in [5.74, 6) is 2.03. The van der Waals surface area contributed by atoms with Crippen LogP contribution in [-0.4, -0.2) is 51.8 Å². The van der Waals surface area contributed by atoms with Crippen molar-refractivity contribution in [2.75, 3.05) is 36.6 Å². The summed E-state index contributed by atoms with van der Waals surface area (Å²) in [5.41, 5.74) is 2.33. The highest BCUT2D eigenvalue weighted by Crippen LogP contribution is 2.30. The molecule has 0 aromatic carbocycles. The third-order valence-electron chi connectivity index (χ3n) is 4.93. The Hall–Kier alpha value is -2.22. The summed E-state index contributed by atoms with van der Waals surface area (Å²) in [7, 11) is 3.61. The Labute approximate surface area is 154 Å². The van der Waals surface area contributed by atoms with Crippen LogP contribution in [0, 0.1) is 5.92 Å². The Morgan fingerprint density at radius 1 is 0.962 bits per heavy atom. The van der Waals surface area contributed by atoms with E-state index in [1.807, 2.05) is 7.05 Å². The molecule has 0 unspecified atom stereocenters. The van der Waals surface area contributed by atoms with E-state index < -0.39 is 0 Å². The molecule has 8 heteroatoms. The van der Waals surface area contributed by atoms with Gasteiger partial charge in [-0.15, -0.1) is 0 Å². The van der Waals surface area contributed by atoms with Crippen LogP contribution in [0.4, 0.5) is 17.7 Å². The summed E-state index contributed by atoms with van der Waals surface area (Å²) in [6.45, 7) is 2.92. The molecule has 2 atom stereocenters. The number of hydrogen-bond donors (Lipinski definition) is 4. The third-order valence-corrected chi connectivity index (χ3v) is 4.93. The molecule has 26 heavy (non-hydrogen) atoms. The van der Waals surface area contributed by atoms with Crippen molar-refractivity contribution in [3.63, 3.8) is 0 Å². The number of nitrogens with one attached hydrogen (secondary N) is 3. The van der Waals surface area contributed by atoms with Crippen LogP contribution in [-0.2, 0) is 6.42 Å². The summed E-state index contributed by atoms with van der Waals surface area (Å²) in [6.07, 6.45) is 5.56. The van der Waals surface area contributed by atoms with Gasteiger partial charge in [-0.25, -0.2) is 15.0 Å². The second-order valence-electron chi connectivity index (χ2n) is 6.83. The minimum atomic E-state index is -0.268. The molecule has 3 rings (SSSR count). The molecule has 1 aliphatic rings. The Morgan fingerprint density at radius 2 is 1.65 bits per heavy atom. The van der Waals surface area contributed by atoms with E-state index in [1.54, 1.807) is 7.05 Å². The number of anilines is 3. The molecule has 142 valence electrons. The Balaban J connectivity index is 2.07. The average molecular weight is 359 g/mol. The highest BCUT2D eigenvalue weighted by atomic mass is 16.3. The lowest BCUT2D eigenvalue weighted by Gasteiger charge is -2.27. The maximum Gasteiger partial charge on any atom is 0.225 e. The van der Waals surface area contributed by atoms with E-state index in [9.17, 15) is 5.11 Å². The molecule has 8 nitrogen and oxygen atoms in total. The zero-order chi connectivity index (χ0) is 18.5. The van der Waals surface area contributed by atoms with E-state index in [2.05, 4.69) is 42.8 Å². The fraction of sp³-hybridized carbons (Fsp3) is 0.667. The highest BCUT2D eigenvalue weighted by molar-refractivity contribution is 5.88. The largest absolute Gasteiger partial charge is 0.393 e. The zero-order valence-electron chi connectivity index (χ0n) is 15.8. The van der Waals surface area contributed by atoms with Crippen LogP contribution in [0.15, 0.2) is 0 Å². The molecule has 0 aliphatic heterocycles. The summed E-state index contributed by atoms with van der Waals surface area (Å²) in [6, 6.07) is 0. The molecule has 2 heterocycles. The normalized spacial score (nSPS) is 20.2. The smallest absolute Gasteiger partial charge is 0.225 e. The minimum Gasteiger partial charge on any atom is -0.393 e. The molecule has 1 saturated carbocycles. The first-order chi connectivity index (χ1) is 12.7. The van der Waals surface area contributed by atoms with E-state index in [-0.39, 0.29) is 12.0 Å². The van der Waals surface area contributed by atoms with Gasteiger partial charge in [0, 0.05) is 20.6 Å². The molecule has 2 aromatic heterocycles. The van der Waals surface area contributed by atoms with Crippen LogP contribution in [0.1, 0.15) is 44.7 Å². The monoisotopic (exact) mass is 359 g/mol. The topological polar surface area (TPSA) is 108 Å². The van der Waals surface area contributed by atoms with Crippen molar-refractivity contribution in [3.05, 3.63) is 5.69 Å². The average Bonchev–Trinajstić information content (AvgIpc) is 2.67. The molecular formula is C18H29N7O. The predicted octanol–water partition coefficient (Wildman–Crippen LogP) is 2.42. The Morgan fingerprint density at radius 3 is 2.35 bits per heavy atom. The fourth-order valence-corrected chi connectivity index (χ4v) is 3.48. The van der Waals surface area contributed by atoms with E-state index >= 15 is 0 Å². The van der Waals surface area contributed by atoms with Crippen LogP contribution in [0.2, 0.25) is 0 Å². The van der Waals surface area contributed by atoms with Crippen molar-refractivity contribution in [1.29, 1.82) is 0 Å². The molecule has 0 bridgehead atoms. The first kappa shape index (κ1) is 18.6. The number of aliphatic hydroxyl groups excluding tert-OH is 1. The fourth-order valence-electron chi connectivity index (χ4n) is 3.48. The molecule has 1 aliphatic carbocycles. The van der Waals surface area contributed by atoms with Gasteiger partial charge in [-0.05, 0) is 31.6 Å². The molecule has 1 fully saturated rings. The quantitative estimate of drug-likeness (QED) is 0.597. The standard InChI is InChI=1S/C18H29N7O/c1-4-9-21-16-15-14(23-18(20-3)25-16)12(22-17(19-2)24-15)10-11-7-5-6-8-13(11)26/h11,13,26H,4-10H2,1-3H3,(H,19,22,24)(H2,20,21,23,25)/t11-,13+/m1/s1. The zero-order valence-corrected chi connectivity index (χ0v) is 15.8. The number of aromatic nitrogens is 4. The van der Waals surface area contributed by atoms with E-state index in [1.165, 1.54) is 0 Å². The van der Waals surface area contributed by atoms with E-state index in [0.717, 1.165) is 55.4 Å². The van der Waals surface area contributed by atoms with Crippen molar-refractivity contribution < 1.29 is 5.11 Å². The third kappa shape index (κ3) is 3.95. The minimum absolute atomic E-state index is 0.214. The molecule has 0 saturated heterocycles. The van der Waals surface area contributed by atoms with Crippen LogP contribution < -0.4 is 16.0 Å². The number of rotatable bonds is 7. The predicted molar refractivity (Wildman–Crippen MR) is 105 cm³/mol. The maximum atomic E-state index is 10.4. The highest BCUT2D eigenvalue weighted by Gasteiger charge is 2.26. The summed E-state index contributed by atoms with van der Waals surface area (Å²) in [5, 5.41) is 19.8. The van der Waals surface area contributed by atoms with Crippen LogP contribution in [0.5, 0.6) is 0 Å². The van der Waals surface area contributed by atoms with Gasteiger partial charge in [0.15, 0.2) is 5.82 Å². The first-order valence-electron chi connectivity index (χ1n) is 9.52. The second-order valence-corrected chi connectivity index (χ2v) is 6.83. The van der Waals surface area contributed by atoms with Gasteiger partial charge in [0.25, 0.3) is 0 Å². The molecule has 0 radical (unpaired) electrons.